The van der Waals surface area contributed by atoms with Crippen molar-refractivity contribution in [3.8, 4) is 0 Å². The van der Waals surface area contributed by atoms with E-state index in [1.54, 1.807) is 12.1 Å². The maximum Gasteiger partial charge on any atom is 0.252 e. The molecule has 2 heterocycles. The highest BCUT2D eigenvalue weighted by molar-refractivity contribution is 6.30. The smallest absolute Gasteiger partial charge is 0.252 e. The summed E-state index contributed by atoms with van der Waals surface area (Å²) in [6, 6.07) is 31.3. The highest BCUT2D eigenvalue weighted by Gasteiger charge is 2.65. The molecule has 2 aliphatic rings. The van der Waals surface area contributed by atoms with Gasteiger partial charge < -0.3 is 10.0 Å². The molecule has 0 saturated carbocycles. The fraction of sp³-hybridized carbons (Fsp3) is 0.219. The first-order valence-electron chi connectivity index (χ1n) is 12.8. The maximum atomic E-state index is 14.7. The van der Waals surface area contributed by atoms with Gasteiger partial charge in [0.05, 0.1) is 12.6 Å². The van der Waals surface area contributed by atoms with Crippen LogP contribution < -0.4 is 4.90 Å². The summed E-state index contributed by atoms with van der Waals surface area (Å²) >= 11 is 6.27. The van der Waals surface area contributed by atoms with Crippen molar-refractivity contribution in [2.24, 2.45) is 5.92 Å². The van der Waals surface area contributed by atoms with Crippen molar-refractivity contribution < 1.29 is 14.3 Å². The maximum absolute atomic E-state index is 14.7. The first kappa shape index (κ1) is 24.8. The van der Waals surface area contributed by atoms with Gasteiger partial charge in [0, 0.05) is 34.7 Å². The summed E-state index contributed by atoms with van der Waals surface area (Å²) in [6.45, 7) is 0.895. The van der Waals surface area contributed by atoms with Crippen molar-refractivity contribution >= 4 is 23.2 Å². The van der Waals surface area contributed by atoms with Gasteiger partial charge in [-0.3, -0.25) is 9.69 Å². The third-order valence-electron chi connectivity index (χ3n) is 8.17. The average Bonchev–Trinajstić information content (AvgIpc) is 3.37. The number of hydrogen-bond donors (Lipinski definition) is 1. The van der Waals surface area contributed by atoms with Crippen LogP contribution in [0.2, 0.25) is 5.02 Å². The molecule has 1 amide bonds. The molecule has 1 fully saturated rings. The first-order valence-corrected chi connectivity index (χ1v) is 13.1. The largest absolute Gasteiger partial charge is 0.388 e. The number of para-hydroxylation sites is 1. The van der Waals surface area contributed by atoms with Crippen LogP contribution in [0.15, 0.2) is 103 Å². The number of carbonyl (C=O) groups is 1. The van der Waals surface area contributed by atoms with Crippen LogP contribution in [0.1, 0.15) is 34.3 Å². The Balaban J connectivity index is 1.53. The molecule has 0 aromatic heterocycles. The summed E-state index contributed by atoms with van der Waals surface area (Å²) in [5.41, 5.74) is 3.16. The molecular weight excluding hydrogens is 499 g/mol. The highest BCUT2D eigenvalue weighted by Crippen LogP contribution is 2.60. The van der Waals surface area contributed by atoms with Gasteiger partial charge in [0.2, 0.25) is 0 Å². The molecule has 1 saturated heterocycles. The number of hydrogen-bond acceptors (Lipinski definition) is 3. The molecule has 0 aliphatic carbocycles. The second-order valence-corrected chi connectivity index (χ2v) is 10.7. The van der Waals surface area contributed by atoms with Gasteiger partial charge in [-0.2, -0.15) is 0 Å². The molecule has 4 aromatic carbocycles. The zero-order valence-corrected chi connectivity index (χ0v) is 21.7. The Morgan fingerprint density at radius 3 is 2.42 bits per heavy atom. The van der Waals surface area contributed by atoms with E-state index in [-0.39, 0.29) is 17.6 Å². The van der Waals surface area contributed by atoms with E-state index in [1.165, 1.54) is 12.1 Å². The number of amides is 1. The van der Waals surface area contributed by atoms with Crippen molar-refractivity contribution in [2.75, 3.05) is 18.5 Å². The number of aliphatic hydroxyl groups is 1. The fourth-order valence-corrected chi connectivity index (χ4v) is 6.77. The van der Waals surface area contributed by atoms with Crippen LogP contribution in [0.5, 0.6) is 0 Å². The van der Waals surface area contributed by atoms with Crippen LogP contribution in [0.3, 0.4) is 0 Å². The second kappa shape index (κ2) is 9.66. The molecule has 6 heteroatoms. The van der Waals surface area contributed by atoms with Crippen molar-refractivity contribution in [3.05, 3.63) is 136 Å². The number of anilines is 1. The fourth-order valence-electron chi connectivity index (χ4n) is 6.55. The van der Waals surface area contributed by atoms with Gasteiger partial charge in [0.1, 0.15) is 11.4 Å². The third kappa shape index (κ3) is 3.85. The number of aliphatic hydroxyl groups excluding tert-OH is 1. The Morgan fingerprint density at radius 1 is 0.974 bits per heavy atom. The van der Waals surface area contributed by atoms with Gasteiger partial charge in [-0.1, -0.05) is 84.4 Å². The summed E-state index contributed by atoms with van der Waals surface area (Å²) in [4.78, 5) is 18.6. The molecule has 2 unspecified atom stereocenters. The van der Waals surface area contributed by atoms with Crippen LogP contribution in [0, 0.1) is 11.7 Å². The predicted octanol–water partition coefficient (Wildman–Crippen LogP) is 6.30. The molecule has 192 valence electrons. The van der Waals surface area contributed by atoms with E-state index in [1.807, 2.05) is 90.8 Å². The Bertz CT molecular complexity index is 1480. The predicted molar refractivity (Wildman–Crippen MR) is 147 cm³/mol. The van der Waals surface area contributed by atoms with E-state index < -0.39 is 17.6 Å². The Kier molecular flexibility index (Phi) is 6.31. The normalized spacial score (nSPS) is 23.7. The van der Waals surface area contributed by atoms with Crippen LogP contribution in [0.25, 0.3) is 0 Å². The van der Waals surface area contributed by atoms with E-state index in [0.717, 1.165) is 27.9 Å². The van der Waals surface area contributed by atoms with Crippen LogP contribution in [0.4, 0.5) is 10.1 Å². The number of halogens is 2. The molecule has 4 nitrogen and oxygen atoms in total. The van der Waals surface area contributed by atoms with Crippen molar-refractivity contribution in [1.29, 1.82) is 0 Å². The molecule has 4 atom stereocenters. The van der Waals surface area contributed by atoms with Gasteiger partial charge >= 0.3 is 0 Å². The summed E-state index contributed by atoms with van der Waals surface area (Å²) in [7, 11) is 1.95. The van der Waals surface area contributed by atoms with Crippen molar-refractivity contribution in [1.82, 2.24) is 4.90 Å². The minimum atomic E-state index is -1.11. The zero-order chi connectivity index (χ0) is 26.4. The summed E-state index contributed by atoms with van der Waals surface area (Å²) < 4.78 is 13.9. The molecule has 1 N–H and O–H groups in total. The summed E-state index contributed by atoms with van der Waals surface area (Å²) in [5, 5.41) is 12.6. The minimum Gasteiger partial charge on any atom is -0.388 e. The van der Waals surface area contributed by atoms with Crippen LogP contribution in [-0.2, 0) is 16.9 Å². The lowest BCUT2D eigenvalue weighted by molar-refractivity contribution is -0.132. The monoisotopic (exact) mass is 526 g/mol. The number of fused-ring (bicyclic) bond motifs is 2. The quantitative estimate of drug-likeness (QED) is 0.332. The van der Waals surface area contributed by atoms with Crippen molar-refractivity contribution in [2.45, 2.75) is 24.1 Å². The number of carbonyl (C=O) groups excluding carboxylic acids is 1. The first-order chi connectivity index (χ1) is 18.4. The van der Waals surface area contributed by atoms with Gasteiger partial charge in [-0.05, 0) is 54.1 Å². The Hall–Kier alpha value is -3.51. The summed E-state index contributed by atoms with van der Waals surface area (Å²) in [6.07, 6.45) is -0.931. The van der Waals surface area contributed by atoms with Gasteiger partial charge in [0.25, 0.3) is 5.91 Å². The summed E-state index contributed by atoms with van der Waals surface area (Å²) in [5.74, 6) is -1.12. The lowest BCUT2D eigenvalue weighted by Crippen LogP contribution is -2.52. The lowest BCUT2D eigenvalue weighted by atomic mass is 9.69. The molecule has 6 rings (SSSR count). The molecule has 0 bridgehead atoms. The molecule has 38 heavy (non-hydrogen) atoms. The van der Waals surface area contributed by atoms with E-state index in [4.69, 9.17) is 11.6 Å². The number of likely N-dealkylation sites (tertiary alicyclic amines) is 1. The minimum absolute atomic E-state index is 0.0780. The second-order valence-electron chi connectivity index (χ2n) is 10.2. The molecule has 4 aromatic rings. The Morgan fingerprint density at radius 2 is 1.68 bits per heavy atom. The van der Waals surface area contributed by atoms with Gasteiger partial charge in [-0.15, -0.1) is 0 Å². The van der Waals surface area contributed by atoms with E-state index in [9.17, 15) is 14.3 Å². The number of nitrogens with zero attached hydrogens (tertiary/aromatic N) is 2. The topological polar surface area (TPSA) is 43.8 Å². The molecule has 1 spiro atoms. The van der Waals surface area contributed by atoms with E-state index >= 15 is 0 Å². The van der Waals surface area contributed by atoms with Crippen LogP contribution >= 0.6 is 11.6 Å². The standard InChI is InChI=1S/C32H28ClFN2O2/c1-35-20-26(22-14-16-25(34)17-15-22)29(30(37)23-9-3-2-4-10-23)32(35)27-12-5-6-13-28(27)36(31(32)38)19-21-8-7-11-24(33)18-21/h2-18,26,29-30,37H,19-20H2,1H3/t26-,29?,30?,32+/m0/s1. The van der Waals surface area contributed by atoms with E-state index in [0.29, 0.717) is 18.1 Å². The zero-order valence-electron chi connectivity index (χ0n) is 21.0. The SMILES string of the molecule is CN1C[C@@H](c2ccc(F)cc2)C(C(O)c2ccccc2)[C@]12C(=O)N(Cc1cccc(Cl)c1)c1ccccc12. The Labute approximate surface area is 226 Å². The van der Waals surface area contributed by atoms with Gasteiger partial charge in [0.15, 0.2) is 0 Å². The lowest BCUT2D eigenvalue weighted by Gasteiger charge is -2.39. The third-order valence-corrected chi connectivity index (χ3v) is 8.41. The highest BCUT2D eigenvalue weighted by atomic mass is 35.5. The molecule has 2 aliphatic heterocycles. The number of likely N-dealkylation sites (N-methyl/N-ethyl adjacent to an activating group) is 1. The number of benzene rings is 4. The van der Waals surface area contributed by atoms with Gasteiger partial charge in [-0.25, -0.2) is 4.39 Å². The molecular formula is C32H28ClFN2O2. The molecule has 0 radical (unpaired) electrons. The van der Waals surface area contributed by atoms with E-state index in [2.05, 4.69) is 4.90 Å². The number of rotatable bonds is 5. The van der Waals surface area contributed by atoms with Crippen molar-refractivity contribution in [3.63, 3.8) is 0 Å². The average molecular weight is 527 g/mol. The van der Waals surface area contributed by atoms with Crippen LogP contribution in [-0.4, -0.2) is 29.5 Å².